The first-order valence-electron chi connectivity index (χ1n) is 7.99. The highest BCUT2D eigenvalue weighted by Crippen LogP contribution is 2.36. The van der Waals surface area contributed by atoms with Crippen LogP contribution in [0.1, 0.15) is 15.4 Å². The van der Waals surface area contributed by atoms with Gasteiger partial charge in [0.05, 0.1) is 9.82 Å². The number of amides is 2. The van der Waals surface area contributed by atoms with Gasteiger partial charge >= 0.3 is 6.09 Å². The lowest BCUT2D eigenvalue weighted by molar-refractivity contribution is -0.387. The van der Waals surface area contributed by atoms with Crippen LogP contribution >= 0.6 is 23.1 Å². The maximum Gasteiger partial charge on any atom is 0.409 e. The maximum absolute atomic E-state index is 12.3. The number of aryl methyl sites for hydroxylation is 1. The van der Waals surface area contributed by atoms with E-state index in [0.29, 0.717) is 25.6 Å². The quantitative estimate of drug-likeness (QED) is 0.388. The number of hydrogen-bond donors (Lipinski definition) is 3. The van der Waals surface area contributed by atoms with Crippen LogP contribution in [0.3, 0.4) is 0 Å². The van der Waals surface area contributed by atoms with E-state index in [1.807, 2.05) is 0 Å². The molecule has 1 aromatic heterocycles. The molecule has 10 nitrogen and oxygen atoms in total. The molecule has 0 bridgehead atoms. The maximum atomic E-state index is 12.3. The number of nitro benzene ring substituents is 1. The van der Waals surface area contributed by atoms with Gasteiger partial charge in [-0.25, -0.2) is 4.79 Å². The fourth-order valence-electron chi connectivity index (χ4n) is 2.26. The largest absolute Gasteiger partial charge is 0.465 e. The fourth-order valence-corrected chi connectivity index (χ4v) is 3.75. The molecular formula is C17H13N5O5S2. The molecule has 1 heterocycles. The summed E-state index contributed by atoms with van der Waals surface area (Å²) in [5.41, 5.74) is 0.286. The van der Waals surface area contributed by atoms with Crippen LogP contribution in [0.4, 0.5) is 21.3 Å². The van der Waals surface area contributed by atoms with Gasteiger partial charge in [0.15, 0.2) is 0 Å². The Morgan fingerprint density at radius 3 is 2.45 bits per heavy atom. The van der Waals surface area contributed by atoms with E-state index in [1.165, 1.54) is 29.5 Å². The second-order valence-corrected chi connectivity index (χ2v) is 7.87. The lowest BCUT2D eigenvalue weighted by Crippen LogP contribution is -2.12. The molecule has 0 fully saturated rings. The summed E-state index contributed by atoms with van der Waals surface area (Å²) < 4.78 is 0. The van der Waals surface area contributed by atoms with Crippen molar-refractivity contribution in [3.63, 3.8) is 0 Å². The van der Waals surface area contributed by atoms with Crippen LogP contribution in [0.5, 0.6) is 0 Å². The third kappa shape index (κ3) is 5.27. The molecule has 0 unspecified atom stereocenters. The summed E-state index contributed by atoms with van der Waals surface area (Å²) in [6.07, 6.45) is -1.18. The van der Waals surface area contributed by atoms with Gasteiger partial charge in [-0.1, -0.05) is 23.1 Å². The molecule has 0 spiro atoms. The van der Waals surface area contributed by atoms with Crippen molar-refractivity contribution < 1.29 is 19.6 Å². The predicted octanol–water partition coefficient (Wildman–Crippen LogP) is 4.25. The van der Waals surface area contributed by atoms with Gasteiger partial charge in [-0.05, 0) is 43.3 Å². The number of hydrogen-bond acceptors (Lipinski definition) is 8. The van der Waals surface area contributed by atoms with Crippen LogP contribution in [0.2, 0.25) is 0 Å². The van der Waals surface area contributed by atoms with Gasteiger partial charge in [0.2, 0.25) is 5.13 Å². The highest BCUT2D eigenvalue weighted by atomic mass is 32.2. The molecule has 2 amide bonds. The highest BCUT2D eigenvalue weighted by Gasteiger charge is 2.19. The van der Waals surface area contributed by atoms with E-state index in [1.54, 1.807) is 31.2 Å². The summed E-state index contributed by atoms with van der Waals surface area (Å²) in [7, 11) is 0. The second-order valence-electron chi connectivity index (χ2n) is 5.58. The first-order chi connectivity index (χ1) is 13.8. The van der Waals surface area contributed by atoms with Crippen molar-refractivity contribution in [2.45, 2.75) is 16.7 Å². The van der Waals surface area contributed by atoms with Gasteiger partial charge in [0, 0.05) is 22.2 Å². The second kappa shape index (κ2) is 8.67. The molecule has 2 aromatic carbocycles. The van der Waals surface area contributed by atoms with Crippen molar-refractivity contribution in [1.82, 2.24) is 10.2 Å². The predicted molar refractivity (Wildman–Crippen MR) is 108 cm³/mol. The third-order valence-corrected chi connectivity index (χ3v) is 5.32. The molecule has 3 aromatic rings. The first-order valence-corrected chi connectivity index (χ1v) is 9.63. The smallest absolute Gasteiger partial charge is 0.409 e. The third-order valence-electron chi connectivity index (χ3n) is 3.50. The average molecular weight is 431 g/mol. The summed E-state index contributed by atoms with van der Waals surface area (Å²) in [5, 5.41) is 33.5. The van der Waals surface area contributed by atoms with Crippen LogP contribution in [0.15, 0.2) is 52.3 Å². The Morgan fingerprint density at radius 2 is 1.86 bits per heavy atom. The van der Waals surface area contributed by atoms with Crippen molar-refractivity contribution in [2.75, 3.05) is 10.6 Å². The van der Waals surface area contributed by atoms with Gasteiger partial charge in [0.1, 0.15) is 5.01 Å². The molecule has 0 atom stereocenters. The lowest BCUT2D eigenvalue weighted by atomic mass is 10.2. The summed E-state index contributed by atoms with van der Waals surface area (Å²) in [5.74, 6) is -0.523. The summed E-state index contributed by atoms with van der Waals surface area (Å²) >= 11 is 2.33. The Labute approximate surface area is 172 Å². The molecule has 0 saturated heterocycles. The molecule has 0 saturated carbocycles. The number of nitrogens with zero attached hydrogens (tertiary/aromatic N) is 3. The number of benzene rings is 2. The van der Waals surface area contributed by atoms with Crippen LogP contribution in [-0.4, -0.2) is 32.2 Å². The first kappa shape index (κ1) is 20.2. The molecular weight excluding hydrogens is 418 g/mol. The summed E-state index contributed by atoms with van der Waals surface area (Å²) in [4.78, 5) is 34.9. The van der Waals surface area contributed by atoms with Crippen LogP contribution in [0, 0.1) is 17.0 Å². The van der Waals surface area contributed by atoms with Crippen molar-refractivity contribution in [2.24, 2.45) is 0 Å². The number of rotatable bonds is 6. The Bertz CT molecular complexity index is 1080. The average Bonchev–Trinajstić information content (AvgIpc) is 3.07. The van der Waals surface area contributed by atoms with E-state index in [9.17, 15) is 19.7 Å². The van der Waals surface area contributed by atoms with Gasteiger partial charge in [-0.2, -0.15) is 0 Å². The Balaban J connectivity index is 1.79. The van der Waals surface area contributed by atoms with Crippen LogP contribution in [-0.2, 0) is 0 Å². The normalized spacial score (nSPS) is 10.4. The standard InChI is InChI=1S/C17H13N5O5S2/c1-9-20-21-16(28-9)19-15(23)10-2-7-14(13(8-10)22(26)27)29-12-5-3-11(4-6-12)18-17(24)25/h2-8,18H,1H3,(H,24,25)(H,19,21,23). The van der Waals surface area contributed by atoms with Gasteiger partial charge in [-0.15, -0.1) is 10.2 Å². The van der Waals surface area contributed by atoms with E-state index in [2.05, 4.69) is 20.8 Å². The minimum absolute atomic E-state index is 0.120. The molecule has 0 aliphatic carbocycles. The van der Waals surface area contributed by atoms with Crippen LogP contribution < -0.4 is 10.6 Å². The zero-order chi connectivity index (χ0) is 21.0. The lowest BCUT2D eigenvalue weighted by Gasteiger charge is -2.07. The van der Waals surface area contributed by atoms with Crippen molar-refractivity contribution in [3.05, 3.63) is 63.1 Å². The number of carbonyl (C=O) groups is 2. The summed E-state index contributed by atoms with van der Waals surface area (Å²) in [6.45, 7) is 1.74. The zero-order valence-electron chi connectivity index (χ0n) is 14.8. The van der Waals surface area contributed by atoms with E-state index in [-0.39, 0.29) is 11.3 Å². The number of nitro groups is 1. The molecule has 0 aliphatic heterocycles. The van der Waals surface area contributed by atoms with Crippen molar-refractivity contribution in [1.29, 1.82) is 0 Å². The summed E-state index contributed by atoms with van der Waals surface area (Å²) in [6, 6.07) is 10.6. The topological polar surface area (TPSA) is 147 Å². The van der Waals surface area contributed by atoms with Crippen LogP contribution in [0.25, 0.3) is 0 Å². The molecule has 3 rings (SSSR count). The van der Waals surface area contributed by atoms with E-state index < -0.39 is 16.9 Å². The number of carbonyl (C=O) groups excluding carboxylic acids is 1. The Morgan fingerprint density at radius 1 is 1.14 bits per heavy atom. The molecule has 148 valence electrons. The molecule has 3 N–H and O–H groups in total. The molecule has 0 radical (unpaired) electrons. The highest BCUT2D eigenvalue weighted by molar-refractivity contribution is 7.99. The van der Waals surface area contributed by atoms with Crippen molar-refractivity contribution in [3.8, 4) is 0 Å². The SMILES string of the molecule is Cc1nnc(NC(=O)c2ccc(Sc3ccc(NC(=O)O)cc3)c([N+](=O)[O-])c2)s1. The molecule has 0 aliphatic rings. The minimum Gasteiger partial charge on any atom is -0.465 e. The fraction of sp³-hybridized carbons (Fsp3) is 0.0588. The number of anilines is 2. The Kier molecular flexibility index (Phi) is 6.04. The van der Waals surface area contributed by atoms with Gasteiger partial charge in [-0.3, -0.25) is 25.5 Å². The molecule has 29 heavy (non-hydrogen) atoms. The van der Waals surface area contributed by atoms with Gasteiger partial charge < -0.3 is 5.11 Å². The van der Waals surface area contributed by atoms with E-state index in [0.717, 1.165) is 11.8 Å². The van der Waals surface area contributed by atoms with E-state index in [4.69, 9.17) is 5.11 Å². The van der Waals surface area contributed by atoms with Gasteiger partial charge in [0.25, 0.3) is 11.6 Å². The molecule has 12 heteroatoms. The number of nitrogens with one attached hydrogen (secondary N) is 2. The number of aromatic nitrogens is 2. The van der Waals surface area contributed by atoms with E-state index >= 15 is 0 Å². The number of carboxylic acid groups (broad SMARTS) is 1. The Hall–Kier alpha value is -3.51. The zero-order valence-corrected chi connectivity index (χ0v) is 16.4. The minimum atomic E-state index is -1.18. The van der Waals surface area contributed by atoms with Crippen molar-refractivity contribution >= 4 is 51.6 Å². The monoisotopic (exact) mass is 431 g/mol.